The molecule has 0 aliphatic rings. The first-order valence-corrected chi connectivity index (χ1v) is 43.6. The van der Waals surface area contributed by atoms with Crippen LogP contribution in [-0.4, -0.2) is 96.7 Å². The van der Waals surface area contributed by atoms with Crippen molar-refractivity contribution in [3.8, 4) is 0 Å². The minimum Gasteiger partial charge on any atom is -0.462 e. The molecule has 19 heteroatoms. The van der Waals surface area contributed by atoms with Crippen molar-refractivity contribution in [3.63, 3.8) is 0 Å². The molecule has 97 heavy (non-hydrogen) atoms. The van der Waals surface area contributed by atoms with Crippen molar-refractivity contribution in [2.75, 3.05) is 39.6 Å². The minimum absolute atomic E-state index is 0.105. The smallest absolute Gasteiger partial charge is 0.462 e. The maximum atomic E-state index is 13.1. The molecule has 3 N–H and O–H groups in total. The van der Waals surface area contributed by atoms with Crippen molar-refractivity contribution in [3.05, 3.63) is 0 Å². The first-order chi connectivity index (χ1) is 47.0. The molecule has 0 aromatic rings. The van der Waals surface area contributed by atoms with Crippen LogP contribution in [0.2, 0.25) is 0 Å². The molecule has 5 atom stereocenters. The molecule has 0 amide bonds. The first-order valence-electron chi connectivity index (χ1n) is 40.6. The predicted molar refractivity (Wildman–Crippen MR) is 395 cm³/mol. The van der Waals surface area contributed by atoms with Gasteiger partial charge in [-0.25, -0.2) is 9.13 Å². The number of carbonyl (C=O) groups is 4. The molecule has 0 aliphatic heterocycles. The van der Waals surface area contributed by atoms with Crippen LogP contribution in [0.15, 0.2) is 0 Å². The van der Waals surface area contributed by atoms with E-state index in [-0.39, 0.29) is 25.7 Å². The molecule has 576 valence electrons. The number of unbranched alkanes of at least 4 members (excludes halogenated alkanes) is 50. The minimum atomic E-state index is -4.96. The SMILES string of the molecule is CCCCCCCCCCCCCCCCCCCCCCCCC(=O)O[C@H](COC(=O)CCCCCCCCCCCCCCCCC)COP(=O)(O)OC[C@@H](O)COP(=O)(O)OC[C@@H](COC(=O)CCCCCCCCCCC)OC(=O)CCCCCCCCCCC(C)C. The zero-order chi connectivity index (χ0) is 71.2. The second-order valence-corrected chi connectivity index (χ2v) is 31.5. The first kappa shape index (κ1) is 95.1. The van der Waals surface area contributed by atoms with Gasteiger partial charge in [-0.1, -0.05) is 362 Å². The number of esters is 4. The van der Waals surface area contributed by atoms with Crippen molar-refractivity contribution in [2.45, 2.75) is 432 Å². The van der Waals surface area contributed by atoms with Gasteiger partial charge in [0, 0.05) is 25.7 Å². The standard InChI is InChI=1S/C78H152O17P2/c1-6-9-12-15-18-21-23-25-27-28-29-30-31-32-33-35-37-39-42-48-53-58-63-77(82)94-73(68-89-76(81)62-57-52-47-41-38-36-34-26-24-22-19-16-13-10-7-2)69-92-96(84,85)90-65-72(79)66-91-97(86,87)93-70-74(67-88-75(80)61-56-51-46-40-20-17-14-11-8-3)95-78(83)64-59-54-49-44-43-45-50-55-60-71(4)5/h71-74,79H,6-70H2,1-5H3,(H,84,85)(H,86,87)/t72-,73-,74-/m1/s1. The van der Waals surface area contributed by atoms with E-state index in [2.05, 4.69) is 34.6 Å². The van der Waals surface area contributed by atoms with Gasteiger partial charge in [0.15, 0.2) is 12.2 Å². The second-order valence-electron chi connectivity index (χ2n) is 28.6. The van der Waals surface area contributed by atoms with E-state index < -0.39 is 97.5 Å². The molecule has 0 saturated carbocycles. The Balaban J connectivity index is 5.17. The van der Waals surface area contributed by atoms with Crippen LogP contribution in [0.4, 0.5) is 0 Å². The van der Waals surface area contributed by atoms with Crippen molar-refractivity contribution in [2.24, 2.45) is 5.92 Å². The number of phosphoric ester groups is 2. The number of aliphatic hydroxyl groups is 1. The number of rotatable bonds is 78. The summed E-state index contributed by atoms with van der Waals surface area (Å²) in [5.74, 6) is -1.40. The fourth-order valence-electron chi connectivity index (χ4n) is 12.1. The van der Waals surface area contributed by atoms with Gasteiger partial charge in [-0.2, -0.15) is 0 Å². The Labute approximate surface area is 594 Å². The molecule has 0 fully saturated rings. The molecule has 0 bridgehead atoms. The Hall–Kier alpha value is -1.94. The summed E-state index contributed by atoms with van der Waals surface area (Å²) < 4.78 is 68.5. The summed E-state index contributed by atoms with van der Waals surface area (Å²) in [4.78, 5) is 72.8. The third-order valence-corrected chi connectivity index (χ3v) is 20.2. The van der Waals surface area contributed by atoms with E-state index >= 15 is 0 Å². The predicted octanol–water partition coefficient (Wildman–Crippen LogP) is 23.3. The average molecular weight is 1420 g/mol. The van der Waals surface area contributed by atoms with Gasteiger partial charge in [-0.15, -0.1) is 0 Å². The molecule has 0 aromatic heterocycles. The van der Waals surface area contributed by atoms with Gasteiger partial charge >= 0.3 is 39.5 Å². The van der Waals surface area contributed by atoms with Gasteiger partial charge in [0.25, 0.3) is 0 Å². The van der Waals surface area contributed by atoms with Crippen molar-refractivity contribution >= 4 is 39.5 Å². The lowest BCUT2D eigenvalue weighted by Gasteiger charge is -2.21. The van der Waals surface area contributed by atoms with Gasteiger partial charge < -0.3 is 33.8 Å². The normalized spacial score (nSPS) is 13.9. The van der Waals surface area contributed by atoms with Crippen molar-refractivity contribution in [1.82, 2.24) is 0 Å². The average Bonchev–Trinajstić information content (AvgIpc) is 1.34. The summed E-state index contributed by atoms with van der Waals surface area (Å²) >= 11 is 0. The highest BCUT2D eigenvalue weighted by Gasteiger charge is 2.30. The Morgan fingerprint density at radius 2 is 0.474 bits per heavy atom. The molecule has 17 nitrogen and oxygen atoms in total. The Kier molecular flexibility index (Phi) is 69.6. The molecule has 0 spiro atoms. The fourth-order valence-corrected chi connectivity index (χ4v) is 13.6. The maximum absolute atomic E-state index is 13.1. The molecule has 0 aromatic carbocycles. The lowest BCUT2D eigenvalue weighted by Crippen LogP contribution is -2.30. The zero-order valence-corrected chi connectivity index (χ0v) is 65.0. The van der Waals surface area contributed by atoms with Gasteiger partial charge in [0.2, 0.25) is 0 Å². The van der Waals surface area contributed by atoms with Gasteiger partial charge in [0.1, 0.15) is 19.3 Å². The molecule has 2 unspecified atom stereocenters. The van der Waals surface area contributed by atoms with Crippen LogP contribution < -0.4 is 0 Å². The Morgan fingerprint density at radius 1 is 0.278 bits per heavy atom. The van der Waals surface area contributed by atoms with Gasteiger partial charge in [-0.3, -0.25) is 37.3 Å². The summed E-state index contributed by atoms with van der Waals surface area (Å²) in [6.45, 7) is 7.24. The topological polar surface area (TPSA) is 237 Å². The highest BCUT2D eigenvalue weighted by atomic mass is 31.2. The largest absolute Gasteiger partial charge is 0.472 e. The Bertz CT molecular complexity index is 1860. The van der Waals surface area contributed by atoms with Gasteiger partial charge in [0.05, 0.1) is 26.4 Å². The summed E-state index contributed by atoms with van der Waals surface area (Å²) in [5.41, 5.74) is 0. The Morgan fingerprint density at radius 3 is 0.701 bits per heavy atom. The third-order valence-electron chi connectivity index (χ3n) is 18.3. The number of hydrogen-bond acceptors (Lipinski definition) is 15. The zero-order valence-electron chi connectivity index (χ0n) is 63.2. The van der Waals surface area contributed by atoms with Crippen LogP contribution in [0.25, 0.3) is 0 Å². The molecule has 0 radical (unpaired) electrons. The molecule has 0 aliphatic carbocycles. The molecule has 0 saturated heterocycles. The van der Waals surface area contributed by atoms with Crippen LogP contribution in [-0.2, 0) is 65.4 Å². The summed E-state index contributed by atoms with van der Waals surface area (Å²) in [6, 6.07) is 0. The lowest BCUT2D eigenvalue weighted by atomic mass is 10.0. The molecule has 0 rings (SSSR count). The van der Waals surface area contributed by atoms with E-state index in [4.69, 9.17) is 37.0 Å². The van der Waals surface area contributed by atoms with Crippen LogP contribution >= 0.6 is 15.6 Å². The van der Waals surface area contributed by atoms with Crippen LogP contribution in [0.3, 0.4) is 0 Å². The monoisotopic (exact) mass is 1420 g/mol. The van der Waals surface area contributed by atoms with E-state index in [1.54, 1.807) is 0 Å². The van der Waals surface area contributed by atoms with Crippen LogP contribution in [0.5, 0.6) is 0 Å². The van der Waals surface area contributed by atoms with Crippen LogP contribution in [0, 0.1) is 5.92 Å². The maximum Gasteiger partial charge on any atom is 0.472 e. The van der Waals surface area contributed by atoms with E-state index in [1.165, 1.54) is 238 Å². The van der Waals surface area contributed by atoms with E-state index in [0.29, 0.717) is 25.7 Å². The summed E-state index contributed by atoms with van der Waals surface area (Å²) in [7, 11) is -9.91. The highest BCUT2D eigenvalue weighted by Crippen LogP contribution is 2.45. The molecule has 0 heterocycles. The van der Waals surface area contributed by atoms with Crippen molar-refractivity contribution in [1.29, 1.82) is 0 Å². The summed E-state index contributed by atoms with van der Waals surface area (Å²) in [6.07, 6.45) is 61.3. The summed E-state index contributed by atoms with van der Waals surface area (Å²) in [5, 5.41) is 10.6. The molecular formula is C78H152O17P2. The number of carbonyl (C=O) groups excluding carboxylic acids is 4. The molecular weight excluding hydrogens is 1270 g/mol. The third kappa shape index (κ3) is 72.2. The van der Waals surface area contributed by atoms with Crippen molar-refractivity contribution < 1.29 is 80.2 Å². The number of phosphoric acid groups is 2. The van der Waals surface area contributed by atoms with Gasteiger partial charge in [-0.05, 0) is 31.6 Å². The number of aliphatic hydroxyl groups excluding tert-OH is 1. The number of ether oxygens (including phenoxy) is 4. The fraction of sp³-hybridized carbons (Fsp3) is 0.949. The van der Waals surface area contributed by atoms with Crippen LogP contribution in [0.1, 0.15) is 413 Å². The second kappa shape index (κ2) is 71.1. The lowest BCUT2D eigenvalue weighted by molar-refractivity contribution is -0.161. The number of hydrogen-bond donors (Lipinski definition) is 3. The van der Waals surface area contributed by atoms with E-state index in [9.17, 15) is 43.2 Å². The highest BCUT2D eigenvalue weighted by molar-refractivity contribution is 7.47. The van der Waals surface area contributed by atoms with E-state index in [1.807, 2.05) is 0 Å². The quantitative estimate of drug-likeness (QED) is 0.0222. The van der Waals surface area contributed by atoms with E-state index in [0.717, 1.165) is 95.8 Å².